The molecular weight excluding hydrogens is 369 g/mol. The summed E-state index contributed by atoms with van der Waals surface area (Å²) >= 11 is 0. The Morgan fingerprint density at radius 3 is 2.52 bits per heavy atom. The Labute approximate surface area is 169 Å². The zero-order valence-corrected chi connectivity index (χ0v) is 16.4. The number of amides is 2. The third-order valence-electron chi connectivity index (χ3n) is 4.48. The molecular formula is C23H22FN3O2. The van der Waals surface area contributed by atoms with E-state index in [9.17, 15) is 14.0 Å². The van der Waals surface area contributed by atoms with Crippen molar-refractivity contribution in [2.24, 2.45) is 0 Å². The monoisotopic (exact) mass is 391 g/mol. The van der Waals surface area contributed by atoms with Crippen molar-refractivity contribution in [1.29, 1.82) is 0 Å². The quantitative estimate of drug-likeness (QED) is 0.687. The molecule has 3 rings (SSSR count). The molecule has 1 N–H and O–H groups in total. The number of aromatic nitrogens is 1. The summed E-state index contributed by atoms with van der Waals surface area (Å²) in [6.07, 6.45) is 1.45. The topological polar surface area (TPSA) is 62.3 Å². The molecule has 0 unspecified atom stereocenters. The molecule has 0 spiro atoms. The van der Waals surface area contributed by atoms with Gasteiger partial charge in [-0.2, -0.15) is 0 Å². The van der Waals surface area contributed by atoms with Crippen LogP contribution in [0.2, 0.25) is 0 Å². The maximum absolute atomic E-state index is 13.0. The standard InChI is InChI=1S/C23H22FN3O2/c1-3-27(20-6-4-5-16(2)13-20)23(29)18-11-12-25-21(14-18)22(28)26-15-17-7-9-19(24)10-8-17/h4-14H,3,15H2,1-2H3,(H,26,28). The lowest BCUT2D eigenvalue weighted by Gasteiger charge is -2.21. The van der Waals surface area contributed by atoms with Gasteiger partial charge in [0.15, 0.2) is 0 Å². The number of anilines is 1. The summed E-state index contributed by atoms with van der Waals surface area (Å²) in [5.41, 5.74) is 3.16. The van der Waals surface area contributed by atoms with Gasteiger partial charge in [-0.15, -0.1) is 0 Å². The lowest BCUT2D eigenvalue weighted by atomic mass is 10.1. The molecule has 0 aliphatic heterocycles. The Hall–Kier alpha value is -3.54. The zero-order chi connectivity index (χ0) is 20.8. The molecule has 0 fully saturated rings. The van der Waals surface area contributed by atoms with Gasteiger partial charge in [0.1, 0.15) is 11.5 Å². The second-order valence-corrected chi connectivity index (χ2v) is 6.63. The van der Waals surface area contributed by atoms with E-state index in [1.165, 1.54) is 24.4 Å². The molecule has 6 heteroatoms. The Morgan fingerprint density at radius 1 is 1.07 bits per heavy atom. The van der Waals surface area contributed by atoms with Crippen LogP contribution in [0, 0.1) is 12.7 Å². The van der Waals surface area contributed by atoms with E-state index in [0.29, 0.717) is 12.1 Å². The maximum atomic E-state index is 13.0. The highest BCUT2D eigenvalue weighted by molar-refractivity contribution is 6.07. The fourth-order valence-corrected chi connectivity index (χ4v) is 2.96. The summed E-state index contributed by atoms with van der Waals surface area (Å²) in [6.45, 7) is 4.61. The lowest BCUT2D eigenvalue weighted by Crippen LogP contribution is -2.31. The summed E-state index contributed by atoms with van der Waals surface area (Å²) in [6, 6.07) is 16.7. The second-order valence-electron chi connectivity index (χ2n) is 6.63. The first-order chi connectivity index (χ1) is 14.0. The first-order valence-corrected chi connectivity index (χ1v) is 9.35. The maximum Gasteiger partial charge on any atom is 0.270 e. The molecule has 29 heavy (non-hydrogen) atoms. The van der Waals surface area contributed by atoms with Crippen molar-refractivity contribution in [1.82, 2.24) is 10.3 Å². The van der Waals surface area contributed by atoms with Gasteiger partial charge >= 0.3 is 0 Å². The normalized spacial score (nSPS) is 10.4. The number of carbonyl (C=O) groups excluding carboxylic acids is 2. The summed E-state index contributed by atoms with van der Waals surface area (Å²) in [5, 5.41) is 2.73. The van der Waals surface area contributed by atoms with Crippen LogP contribution in [-0.2, 0) is 6.54 Å². The van der Waals surface area contributed by atoms with E-state index in [1.807, 2.05) is 38.1 Å². The van der Waals surface area contributed by atoms with E-state index in [4.69, 9.17) is 0 Å². The van der Waals surface area contributed by atoms with Crippen LogP contribution < -0.4 is 10.2 Å². The van der Waals surface area contributed by atoms with Gasteiger partial charge in [-0.3, -0.25) is 14.6 Å². The zero-order valence-electron chi connectivity index (χ0n) is 16.4. The van der Waals surface area contributed by atoms with E-state index in [1.54, 1.807) is 23.1 Å². The predicted molar refractivity (Wildman–Crippen MR) is 110 cm³/mol. The first kappa shape index (κ1) is 20.2. The molecule has 5 nitrogen and oxygen atoms in total. The summed E-state index contributed by atoms with van der Waals surface area (Å²) in [4.78, 5) is 31.2. The second kappa shape index (κ2) is 9.10. The van der Waals surface area contributed by atoms with Gasteiger partial charge in [0, 0.05) is 30.5 Å². The summed E-state index contributed by atoms with van der Waals surface area (Å²) in [5.74, 6) is -0.933. The van der Waals surface area contributed by atoms with Gasteiger partial charge in [-0.1, -0.05) is 24.3 Å². The van der Waals surface area contributed by atoms with Gasteiger partial charge in [-0.05, 0) is 61.4 Å². The van der Waals surface area contributed by atoms with Crippen molar-refractivity contribution in [3.63, 3.8) is 0 Å². The minimum Gasteiger partial charge on any atom is -0.347 e. The van der Waals surface area contributed by atoms with Crippen LogP contribution in [0.1, 0.15) is 38.9 Å². The minimum atomic E-state index is -0.400. The van der Waals surface area contributed by atoms with Crippen LogP contribution in [0.25, 0.3) is 0 Å². The fraction of sp³-hybridized carbons (Fsp3) is 0.174. The van der Waals surface area contributed by atoms with Crippen LogP contribution in [0.5, 0.6) is 0 Å². The number of carbonyl (C=O) groups is 2. The Morgan fingerprint density at radius 2 is 1.83 bits per heavy atom. The number of benzene rings is 2. The molecule has 1 heterocycles. The fourth-order valence-electron chi connectivity index (χ4n) is 2.96. The predicted octanol–water partition coefficient (Wildman–Crippen LogP) is 4.13. The molecule has 3 aromatic rings. The van der Waals surface area contributed by atoms with Crippen molar-refractivity contribution in [3.05, 3.63) is 95.1 Å². The first-order valence-electron chi connectivity index (χ1n) is 9.35. The SMILES string of the molecule is CCN(C(=O)c1ccnc(C(=O)NCc2ccc(F)cc2)c1)c1cccc(C)c1. The van der Waals surface area contributed by atoms with Crippen molar-refractivity contribution in [2.75, 3.05) is 11.4 Å². The molecule has 0 radical (unpaired) electrons. The van der Waals surface area contributed by atoms with Gasteiger partial charge in [-0.25, -0.2) is 4.39 Å². The highest BCUT2D eigenvalue weighted by atomic mass is 19.1. The molecule has 0 saturated heterocycles. The largest absolute Gasteiger partial charge is 0.347 e. The van der Waals surface area contributed by atoms with Crippen molar-refractivity contribution in [2.45, 2.75) is 20.4 Å². The van der Waals surface area contributed by atoms with Crippen LogP contribution in [0.15, 0.2) is 66.9 Å². The van der Waals surface area contributed by atoms with E-state index >= 15 is 0 Å². The summed E-state index contributed by atoms with van der Waals surface area (Å²) < 4.78 is 13.0. The Kier molecular flexibility index (Phi) is 6.34. The molecule has 0 atom stereocenters. The van der Waals surface area contributed by atoms with Crippen LogP contribution >= 0.6 is 0 Å². The number of nitrogens with zero attached hydrogens (tertiary/aromatic N) is 2. The Balaban J connectivity index is 1.74. The van der Waals surface area contributed by atoms with Gasteiger partial charge in [0.2, 0.25) is 0 Å². The number of halogens is 1. The molecule has 2 aromatic carbocycles. The number of hydrogen-bond donors (Lipinski definition) is 1. The van der Waals surface area contributed by atoms with E-state index in [0.717, 1.165) is 16.8 Å². The number of hydrogen-bond acceptors (Lipinski definition) is 3. The van der Waals surface area contributed by atoms with Crippen LogP contribution in [0.4, 0.5) is 10.1 Å². The summed E-state index contributed by atoms with van der Waals surface area (Å²) in [7, 11) is 0. The van der Waals surface area contributed by atoms with E-state index in [2.05, 4.69) is 10.3 Å². The number of nitrogens with one attached hydrogen (secondary N) is 1. The molecule has 2 amide bonds. The molecule has 0 aliphatic carbocycles. The Bertz CT molecular complexity index is 1020. The average Bonchev–Trinajstić information content (AvgIpc) is 2.74. The third-order valence-corrected chi connectivity index (χ3v) is 4.48. The third kappa shape index (κ3) is 5.04. The van der Waals surface area contributed by atoms with Crippen LogP contribution in [0.3, 0.4) is 0 Å². The lowest BCUT2D eigenvalue weighted by molar-refractivity contribution is 0.0946. The van der Waals surface area contributed by atoms with E-state index < -0.39 is 5.91 Å². The number of aryl methyl sites for hydroxylation is 1. The average molecular weight is 391 g/mol. The van der Waals surface area contributed by atoms with E-state index in [-0.39, 0.29) is 24.0 Å². The van der Waals surface area contributed by atoms with Gasteiger partial charge in [0.05, 0.1) is 0 Å². The van der Waals surface area contributed by atoms with Gasteiger partial charge < -0.3 is 10.2 Å². The highest BCUT2D eigenvalue weighted by Crippen LogP contribution is 2.19. The number of pyridine rings is 1. The minimum absolute atomic E-state index is 0.151. The van der Waals surface area contributed by atoms with Crippen molar-refractivity contribution in [3.8, 4) is 0 Å². The number of rotatable bonds is 6. The smallest absolute Gasteiger partial charge is 0.270 e. The molecule has 0 bridgehead atoms. The van der Waals surface area contributed by atoms with Crippen molar-refractivity contribution < 1.29 is 14.0 Å². The van der Waals surface area contributed by atoms with Gasteiger partial charge in [0.25, 0.3) is 11.8 Å². The molecule has 1 aromatic heterocycles. The molecule has 0 aliphatic rings. The highest BCUT2D eigenvalue weighted by Gasteiger charge is 2.18. The molecule has 0 saturated carbocycles. The molecule has 148 valence electrons. The van der Waals surface area contributed by atoms with Crippen molar-refractivity contribution >= 4 is 17.5 Å². The van der Waals surface area contributed by atoms with Crippen LogP contribution in [-0.4, -0.2) is 23.3 Å².